The van der Waals surface area contributed by atoms with Gasteiger partial charge in [-0.05, 0) is 29.7 Å². The van der Waals surface area contributed by atoms with Crippen molar-refractivity contribution in [3.63, 3.8) is 0 Å². The average Bonchev–Trinajstić information content (AvgIpc) is 2.98. The van der Waals surface area contributed by atoms with Crippen LogP contribution in [0.1, 0.15) is 10.4 Å². The van der Waals surface area contributed by atoms with Gasteiger partial charge in [-0.25, -0.2) is 4.79 Å². The standard InChI is InChI=1S/C15H14O4S/c1-18-11-6-5-10(13(9-11)19-2)8-12(15(16)17)14-4-3-7-20-14/h3-9H,1-2H3,(H,16,17)/b12-8+. The number of benzene rings is 1. The van der Waals surface area contributed by atoms with E-state index >= 15 is 0 Å². The third-order valence-corrected chi connectivity index (χ3v) is 3.66. The van der Waals surface area contributed by atoms with Crippen LogP contribution in [0.5, 0.6) is 11.5 Å². The average molecular weight is 290 g/mol. The van der Waals surface area contributed by atoms with Crippen LogP contribution in [0.2, 0.25) is 0 Å². The van der Waals surface area contributed by atoms with Gasteiger partial charge in [-0.3, -0.25) is 0 Å². The highest BCUT2D eigenvalue weighted by atomic mass is 32.1. The Bertz CT molecular complexity index is 629. The lowest BCUT2D eigenvalue weighted by Gasteiger charge is -2.08. The van der Waals surface area contributed by atoms with Crippen molar-refractivity contribution in [1.29, 1.82) is 0 Å². The minimum Gasteiger partial charge on any atom is -0.497 e. The predicted molar refractivity (Wildman–Crippen MR) is 79.4 cm³/mol. The van der Waals surface area contributed by atoms with Crippen LogP contribution in [0.15, 0.2) is 35.7 Å². The van der Waals surface area contributed by atoms with E-state index in [2.05, 4.69) is 0 Å². The fourth-order valence-electron chi connectivity index (χ4n) is 1.76. The van der Waals surface area contributed by atoms with Gasteiger partial charge in [0, 0.05) is 16.5 Å². The molecule has 1 N–H and O–H groups in total. The second kappa shape index (κ2) is 6.25. The third kappa shape index (κ3) is 3.00. The molecule has 0 aliphatic heterocycles. The number of methoxy groups -OCH3 is 2. The summed E-state index contributed by atoms with van der Waals surface area (Å²) >= 11 is 1.39. The topological polar surface area (TPSA) is 55.8 Å². The first kappa shape index (κ1) is 14.1. The van der Waals surface area contributed by atoms with Crippen molar-refractivity contribution >= 4 is 29.0 Å². The summed E-state index contributed by atoms with van der Waals surface area (Å²) in [6, 6.07) is 8.86. The normalized spacial score (nSPS) is 11.2. The number of hydrogen-bond donors (Lipinski definition) is 1. The Morgan fingerprint density at radius 2 is 2.05 bits per heavy atom. The number of ether oxygens (including phenoxy) is 2. The van der Waals surface area contributed by atoms with Crippen molar-refractivity contribution in [3.8, 4) is 11.5 Å². The van der Waals surface area contributed by atoms with Gasteiger partial charge in [0.1, 0.15) is 11.5 Å². The highest BCUT2D eigenvalue weighted by Gasteiger charge is 2.13. The van der Waals surface area contributed by atoms with Gasteiger partial charge in [0.2, 0.25) is 0 Å². The maximum atomic E-state index is 11.4. The smallest absolute Gasteiger partial charge is 0.337 e. The molecular formula is C15H14O4S. The summed E-state index contributed by atoms with van der Waals surface area (Å²) in [5.74, 6) is 0.261. The van der Waals surface area contributed by atoms with Crippen LogP contribution in [0, 0.1) is 0 Å². The molecule has 0 fully saturated rings. The van der Waals surface area contributed by atoms with E-state index in [9.17, 15) is 9.90 Å². The second-order valence-electron chi connectivity index (χ2n) is 3.95. The molecule has 0 saturated carbocycles. The fraction of sp³-hybridized carbons (Fsp3) is 0.133. The van der Waals surface area contributed by atoms with Crippen LogP contribution in [0.4, 0.5) is 0 Å². The molecule has 1 aromatic carbocycles. The van der Waals surface area contributed by atoms with Crippen LogP contribution in [-0.4, -0.2) is 25.3 Å². The quantitative estimate of drug-likeness (QED) is 0.858. The van der Waals surface area contributed by atoms with Gasteiger partial charge in [0.15, 0.2) is 0 Å². The van der Waals surface area contributed by atoms with E-state index in [-0.39, 0.29) is 5.57 Å². The Hall–Kier alpha value is -2.27. The summed E-state index contributed by atoms with van der Waals surface area (Å²) < 4.78 is 10.4. The molecule has 104 valence electrons. The number of carboxylic acid groups (broad SMARTS) is 1. The van der Waals surface area contributed by atoms with Crippen LogP contribution in [0.3, 0.4) is 0 Å². The molecule has 0 aliphatic rings. The van der Waals surface area contributed by atoms with Crippen molar-refractivity contribution in [2.75, 3.05) is 14.2 Å². The lowest BCUT2D eigenvalue weighted by atomic mass is 10.1. The Morgan fingerprint density at radius 3 is 2.60 bits per heavy atom. The van der Waals surface area contributed by atoms with Gasteiger partial charge in [-0.2, -0.15) is 0 Å². The summed E-state index contributed by atoms with van der Waals surface area (Å²) in [7, 11) is 3.11. The molecule has 0 spiro atoms. The lowest BCUT2D eigenvalue weighted by molar-refractivity contribution is -0.130. The number of aliphatic carboxylic acids is 1. The summed E-state index contributed by atoms with van der Waals surface area (Å²) in [6.45, 7) is 0. The number of carbonyl (C=O) groups is 1. The molecule has 1 heterocycles. The largest absolute Gasteiger partial charge is 0.497 e. The van der Waals surface area contributed by atoms with Gasteiger partial charge in [-0.1, -0.05) is 6.07 Å². The fourth-order valence-corrected chi connectivity index (χ4v) is 2.50. The minimum absolute atomic E-state index is 0.239. The van der Waals surface area contributed by atoms with E-state index in [1.165, 1.54) is 18.4 Å². The summed E-state index contributed by atoms with van der Waals surface area (Å²) in [6.07, 6.45) is 1.60. The van der Waals surface area contributed by atoms with Crippen LogP contribution in [-0.2, 0) is 4.79 Å². The van der Waals surface area contributed by atoms with Crippen molar-refractivity contribution in [2.24, 2.45) is 0 Å². The zero-order valence-corrected chi connectivity index (χ0v) is 11.9. The molecule has 0 amide bonds. The lowest BCUT2D eigenvalue weighted by Crippen LogP contribution is -1.98. The number of hydrogen-bond acceptors (Lipinski definition) is 4. The molecule has 4 nitrogen and oxygen atoms in total. The number of thiophene rings is 1. The highest BCUT2D eigenvalue weighted by Crippen LogP contribution is 2.30. The van der Waals surface area contributed by atoms with Gasteiger partial charge < -0.3 is 14.6 Å². The van der Waals surface area contributed by atoms with Gasteiger partial charge in [0.05, 0.1) is 19.8 Å². The van der Waals surface area contributed by atoms with Gasteiger partial charge >= 0.3 is 5.97 Å². The van der Waals surface area contributed by atoms with Crippen LogP contribution in [0.25, 0.3) is 11.6 Å². The highest BCUT2D eigenvalue weighted by molar-refractivity contribution is 7.11. The maximum Gasteiger partial charge on any atom is 0.337 e. The molecule has 5 heteroatoms. The molecule has 0 unspecified atom stereocenters. The van der Waals surface area contributed by atoms with E-state index < -0.39 is 5.97 Å². The van der Waals surface area contributed by atoms with E-state index in [1.807, 2.05) is 11.4 Å². The zero-order chi connectivity index (χ0) is 14.5. The Labute approximate surface area is 120 Å². The molecule has 0 atom stereocenters. The third-order valence-electron chi connectivity index (χ3n) is 2.76. The van der Waals surface area contributed by atoms with Crippen molar-refractivity contribution in [2.45, 2.75) is 0 Å². The Morgan fingerprint density at radius 1 is 1.25 bits per heavy atom. The first-order valence-electron chi connectivity index (χ1n) is 5.86. The maximum absolute atomic E-state index is 11.4. The summed E-state index contributed by atoms with van der Waals surface area (Å²) in [5.41, 5.74) is 0.933. The monoisotopic (exact) mass is 290 g/mol. The molecule has 1 aromatic heterocycles. The van der Waals surface area contributed by atoms with Crippen molar-refractivity contribution < 1.29 is 19.4 Å². The van der Waals surface area contributed by atoms with E-state index in [0.717, 1.165) is 0 Å². The molecule has 0 saturated heterocycles. The van der Waals surface area contributed by atoms with Crippen molar-refractivity contribution in [1.82, 2.24) is 0 Å². The molecule has 2 rings (SSSR count). The van der Waals surface area contributed by atoms with E-state index in [0.29, 0.717) is 21.9 Å². The van der Waals surface area contributed by atoms with E-state index in [4.69, 9.17) is 9.47 Å². The first-order valence-corrected chi connectivity index (χ1v) is 6.74. The molecular weight excluding hydrogens is 276 g/mol. The van der Waals surface area contributed by atoms with Crippen LogP contribution >= 0.6 is 11.3 Å². The van der Waals surface area contributed by atoms with Gasteiger partial charge in [0.25, 0.3) is 0 Å². The molecule has 0 bridgehead atoms. The Kier molecular flexibility index (Phi) is 4.42. The number of rotatable bonds is 5. The first-order chi connectivity index (χ1) is 9.65. The second-order valence-corrected chi connectivity index (χ2v) is 4.90. The molecule has 20 heavy (non-hydrogen) atoms. The predicted octanol–water partition coefficient (Wildman–Crippen LogP) is 3.39. The zero-order valence-electron chi connectivity index (χ0n) is 11.1. The summed E-state index contributed by atoms with van der Waals surface area (Å²) in [4.78, 5) is 12.1. The van der Waals surface area contributed by atoms with E-state index in [1.54, 1.807) is 37.5 Å². The van der Waals surface area contributed by atoms with Crippen molar-refractivity contribution in [3.05, 3.63) is 46.2 Å². The minimum atomic E-state index is -0.967. The van der Waals surface area contributed by atoms with Gasteiger partial charge in [-0.15, -0.1) is 11.3 Å². The number of carboxylic acids is 1. The van der Waals surface area contributed by atoms with Crippen LogP contribution < -0.4 is 9.47 Å². The SMILES string of the molecule is COc1ccc(/C=C(/C(=O)O)c2cccs2)c(OC)c1. The molecule has 0 radical (unpaired) electrons. The summed E-state index contributed by atoms with van der Waals surface area (Å²) in [5, 5.41) is 11.2. The molecule has 2 aromatic rings. The Balaban J connectivity index is 2.49. The molecule has 0 aliphatic carbocycles.